The molecule has 1 rings (SSSR count). The molecule has 0 aromatic carbocycles. The Labute approximate surface area is 108 Å². The molecule has 1 aromatic heterocycles. The number of aromatic nitrogens is 2. The van der Waals surface area contributed by atoms with E-state index in [-0.39, 0.29) is 0 Å². The second kappa shape index (κ2) is 7.37. The fourth-order valence-corrected chi connectivity index (χ4v) is 2.17. The van der Waals surface area contributed by atoms with E-state index in [1.807, 2.05) is 31.8 Å². The van der Waals surface area contributed by atoms with Crippen molar-refractivity contribution in [3.05, 3.63) is 11.8 Å². The smallest absolute Gasteiger partial charge is 0.224 e. The lowest BCUT2D eigenvalue weighted by Crippen LogP contribution is -2.15. The van der Waals surface area contributed by atoms with Gasteiger partial charge in [-0.3, -0.25) is 0 Å². The fraction of sp³-hybridized carbons (Fsp3) is 0.667. The van der Waals surface area contributed by atoms with Gasteiger partial charge in [-0.2, -0.15) is 16.7 Å². The zero-order chi connectivity index (χ0) is 12.7. The van der Waals surface area contributed by atoms with Gasteiger partial charge in [0, 0.05) is 24.8 Å². The predicted octanol–water partition coefficient (Wildman–Crippen LogP) is 2.63. The SMILES string of the molecule is CCNc1ncc(C)c(NCC(C)CSC)n1. The second-order valence-corrected chi connectivity index (χ2v) is 5.11. The highest BCUT2D eigenvalue weighted by Gasteiger charge is 2.05. The van der Waals surface area contributed by atoms with Gasteiger partial charge >= 0.3 is 0 Å². The molecule has 1 heterocycles. The summed E-state index contributed by atoms with van der Waals surface area (Å²) < 4.78 is 0. The van der Waals surface area contributed by atoms with Gasteiger partial charge < -0.3 is 10.6 Å². The van der Waals surface area contributed by atoms with Gasteiger partial charge in [-0.15, -0.1) is 0 Å². The maximum Gasteiger partial charge on any atom is 0.224 e. The first kappa shape index (κ1) is 14.1. The third kappa shape index (κ3) is 4.81. The Bertz CT molecular complexity index is 343. The largest absolute Gasteiger partial charge is 0.369 e. The number of thioether (sulfide) groups is 1. The summed E-state index contributed by atoms with van der Waals surface area (Å²) in [5, 5.41) is 6.51. The molecule has 0 aliphatic carbocycles. The van der Waals surface area contributed by atoms with Gasteiger partial charge in [0.25, 0.3) is 0 Å². The summed E-state index contributed by atoms with van der Waals surface area (Å²) in [6, 6.07) is 0. The lowest BCUT2D eigenvalue weighted by molar-refractivity contribution is 0.699. The minimum absolute atomic E-state index is 0.641. The molecule has 17 heavy (non-hydrogen) atoms. The van der Waals surface area contributed by atoms with Crippen LogP contribution in [-0.2, 0) is 0 Å². The lowest BCUT2D eigenvalue weighted by Gasteiger charge is -2.14. The summed E-state index contributed by atoms with van der Waals surface area (Å²) >= 11 is 1.88. The van der Waals surface area contributed by atoms with E-state index in [4.69, 9.17) is 0 Å². The molecule has 0 aliphatic heterocycles. The van der Waals surface area contributed by atoms with E-state index >= 15 is 0 Å². The van der Waals surface area contributed by atoms with Crippen LogP contribution in [0.3, 0.4) is 0 Å². The van der Waals surface area contributed by atoms with Gasteiger partial charge in [-0.25, -0.2) is 4.98 Å². The van der Waals surface area contributed by atoms with E-state index in [1.165, 1.54) is 0 Å². The highest BCUT2D eigenvalue weighted by molar-refractivity contribution is 7.98. The van der Waals surface area contributed by atoms with Crippen LogP contribution in [0.4, 0.5) is 11.8 Å². The molecule has 0 amide bonds. The number of anilines is 2. The van der Waals surface area contributed by atoms with Crippen molar-refractivity contribution in [2.75, 3.05) is 35.7 Å². The normalized spacial score (nSPS) is 12.2. The Morgan fingerprint density at radius 2 is 2.18 bits per heavy atom. The van der Waals surface area contributed by atoms with Gasteiger partial charge in [0.2, 0.25) is 5.95 Å². The topological polar surface area (TPSA) is 49.8 Å². The first-order valence-corrected chi connectivity index (χ1v) is 7.37. The van der Waals surface area contributed by atoms with Gasteiger partial charge in [-0.1, -0.05) is 6.92 Å². The first-order valence-electron chi connectivity index (χ1n) is 5.97. The molecule has 0 aliphatic rings. The molecule has 0 radical (unpaired) electrons. The van der Waals surface area contributed by atoms with Crippen molar-refractivity contribution >= 4 is 23.5 Å². The van der Waals surface area contributed by atoms with Gasteiger partial charge in [0.1, 0.15) is 5.82 Å². The average molecular weight is 254 g/mol. The van der Waals surface area contributed by atoms with E-state index in [9.17, 15) is 0 Å². The van der Waals surface area contributed by atoms with Crippen LogP contribution in [0.15, 0.2) is 6.20 Å². The summed E-state index contributed by atoms with van der Waals surface area (Å²) in [6.45, 7) is 8.09. The summed E-state index contributed by atoms with van der Waals surface area (Å²) in [5.74, 6) is 3.43. The quantitative estimate of drug-likeness (QED) is 0.783. The molecular weight excluding hydrogens is 232 g/mol. The van der Waals surface area contributed by atoms with Crippen molar-refractivity contribution in [1.29, 1.82) is 0 Å². The van der Waals surface area contributed by atoms with E-state index in [0.717, 1.165) is 30.2 Å². The van der Waals surface area contributed by atoms with Crippen LogP contribution in [0.25, 0.3) is 0 Å². The highest BCUT2D eigenvalue weighted by atomic mass is 32.2. The number of hydrogen-bond donors (Lipinski definition) is 2. The molecule has 1 atom stereocenters. The molecule has 5 heteroatoms. The molecule has 0 saturated heterocycles. The average Bonchev–Trinajstić information content (AvgIpc) is 2.30. The van der Waals surface area contributed by atoms with Crippen molar-refractivity contribution in [3.63, 3.8) is 0 Å². The van der Waals surface area contributed by atoms with Gasteiger partial charge in [-0.05, 0) is 31.8 Å². The van der Waals surface area contributed by atoms with Crippen molar-refractivity contribution in [3.8, 4) is 0 Å². The van der Waals surface area contributed by atoms with Crippen LogP contribution in [0.1, 0.15) is 19.4 Å². The van der Waals surface area contributed by atoms with Crippen LogP contribution in [-0.4, -0.2) is 35.1 Å². The Hall–Kier alpha value is -0.970. The Balaban J connectivity index is 2.59. The van der Waals surface area contributed by atoms with Gasteiger partial charge in [0.05, 0.1) is 0 Å². The molecule has 2 N–H and O–H groups in total. The predicted molar refractivity (Wildman–Crippen MR) is 77.0 cm³/mol. The van der Waals surface area contributed by atoms with E-state index < -0.39 is 0 Å². The maximum absolute atomic E-state index is 4.45. The molecule has 0 spiro atoms. The monoisotopic (exact) mass is 254 g/mol. The summed E-state index contributed by atoms with van der Waals surface area (Å²) in [5.41, 5.74) is 1.09. The van der Waals surface area contributed by atoms with Crippen LogP contribution < -0.4 is 10.6 Å². The second-order valence-electron chi connectivity index (χ2n) is 4.20. The molecule has 4 nitrogen and oxygen atoms in total. The number of rotatable bonds is 7. The molecule has 0 fully saturated rings. The third-order valence-electron chi connectivity index (χ3n) is 2.38. The summed E-state index contributed by atoms with van der Waals surface area (Å²) in [4.78, 5) is 8.68. The minimum atomic E-state index is 0.641. The molecule has 1 aromatic rings. The first-order chi connectivity index (χ1) is 8.17. The Kier molecular flexibility index (Phi) is 6.11. The summed E-state index contributed by atoms with van der Waals surface area (Å²) in [6.07, 6.45) is 3.99. The Morgan fingerprint density at radius 1 is 1.41 bits per heavy atom. The van der Waals surface area contributed by atoms with Crippen LogP contribution >= 0.6 is 11.8 Å². The summed E-state index contributed by atoms with van der Waals surface area (Å²) in [7, 11) is 0. The van der Waals surface area contributed by atoms with Crippen molar-refractivity contribution in [1.82, 2.24) is 9.97 Å². The van der Waals surface area contributed by atoms with E-state index in [0.29, 0.717) is 11.9 Å². The molecular formula is C12H22N4S. The zero-order valence-corrected chi connectivity index (χ0v) is 11.9. The fourth-order valence-electron chi connectivity index (χ4n) is 1.48. The third-order valence-corrected chi connectivity index (χ3v) is 3.28. The molecule has 96 valence electrons. The molecule has 0 bridgehead atoms. The molecule has 1 unspecified atom stereocenters. The number of nitrogens with one attached hydrogen (secondary N) is 2. The van der Waals surface area contributed by atoms with Crippen molar-refractivity contribution in [2.24, 2.45) is 5.92 Å². The number of aryl methyl sites for hydroxylation is 1. The minimum Gasteiger partial charge on any atom is -0.369 e. The van der Waals surface area contributed by atoms with Crippen LogP contribution in [0.2, 0.25) is 0 Å². The lowest BCUT2D eigenvalue weighted by atomic mass is 10.2. The Morgan fingerprint density at radius 3 is 2.82 bits per heavy atom. The van der Waals surface area contributed by atoms with Crippen LogP contribution in [0.5, 0.6) is 0 Å². The van der Waals surface area contributed by atoms with Crippen LogP contribution in [0, 0.1) is 12.8 Å². The highest BCUT2D eigenvalue weighted by Crippen LogP contribution is 2.13. The van der Waals surface area contributed by atoms with E-state index in [2.05, 4.69) is 33.8 Å². The van der Waals surface area contributed by atoms with Crippen molar-refractivity contribution in [2.45, 2.75) is 20.8 Å². The standard InChI is InChI=1S/C12H22N4S/c1-5-13-12-15-7-10(3)11(16-12)14-6-9(2)8-17-4/h7,9H,5-6,8H2,1-4H3,(H2,13,14,15,16). The molecule has 0 saturated carbocycles. The van der Waals surface area contributed by atoms with E-state index in [1.54, 1.807) is 0 Å². The van der Waals surface area contributed by atoms with Gasteiger partial charge in [0.15, 0.2) is 0 Å². The maximum atomic E-state index is 4.45. The number of nitrogens with zero attached hydrogens (tertiary/aromatic N) is 2. The number of hydrogen-bond acceptors (Lipinski definition) is 5. The van der Waals surface area contributed by atoms with Crippen molar-refractivity contribution < 1.29 is 0 Å². The zero-order valence-electron chi connectivity index (χ0n) is 11.1.